The van der Waals surface area contributed by atoms with Gasteiger partial charge in [-0.05, 0) is 36.8 Å². The molecule has 2 aromatic rings. The Hall–Kier alpha value is -2.66. The van der Waals surface area contributed by atoms with E-state index in [-0.39, 0.29) is 24.0 Å². The van der Waals surface area contributed by atoms with E-state index >= 15 is 0 Å². The zero-order valence-corrected chi connectivity index (χ0v) is 14.4. The van der Waals surface area contributed by atoms with E-state index in [0.717, 1.165) is 5.56 Å². The molecule has 0 bridgehead atoms. The van der Waals surface area contributed by atoms with Crippen LogP contribution in [0.25, 0.3) is 0 Å². The first-order valence-electron chi connectivity index (χ1n) is 8.40. The van der Waals surface area contributed by atoms with Crippen LogP contribution in [-0.2, 0) is 9.53 Å². The smallest absolute Gasteiger partial charge is 0.254 e. The zero-order chi connectivity index (χ0) is 17.8. The topological polar surface area (TPSA) is 58.6 Å². The summed E-state index contributed by atoms with van der Waals surface area (Å²) in [5.41, 5.74) is 2.35. The van der Waals surface area contributed by atoms with E-state index in [2.05, 4.69) is 5.32 Å². The molecule has 5 heteroatoms. The largest absolute Gasteiger partial charge is 0.374 e. The molecule has 1 N–H and O–H groups in total. The van der Waals surface area contributed by atoms with E-state index < -0.39 is 0 Å². The van der Waals surface area contributed by atoms with Crippen LogP contribution in [0.5, 0.6) is 0 Å². The van der Waals surface area contributed by atoms with Gasteiger partial charge in [0.1, 0.15) is 0 Å². The van der Waals surface area contributed by atoms with Crippen molar-refractivity contribution in [1.82, 2.24) is 4.90 Å². The maximum absolute atomic E-state index is 13.0. The highest BCUT2D eigenvalue weighted by atomic mass is 16.5. The molecule has 0 saturated carbocycles. The molecule has 1 aliphatic heterocycles. The Bertz CT molecular complexity index is 743. The number of morpholine rings is 1. The van der Waals surface area contributed by atoms with Gasteiger partial charge in [0.15, 0.2) is 0 Å². The normalized spacial score (nSPS) is 20.2. The fourth-order valence-corrected chi connectivity index (χ4v) is 3.04. The highest BCUT2D eigenvalue weighted by Crippen LogP contribution is 2.28. The number of benzene rings is 2. The minimum atomic E-state index is -0.134. The van der Waals surface area contributed by atoms with Crippen molar-refractivity contribution >= 4 is 17.5 Å². The highest BCUT2D eigenvalue weighted by Gasteiger charge is 2.32. The number of nitrogens with one attached hydrogen (secondary N) is 1. The second-order valence-corrected chi connectivity index (χ2v) is 6.29. The molecule has 25 heavy (non-hydrogen) atoms. The first kappa shape index (κ1) is 17.2. The summed E-state index contributed by atoms with van der Waals surface area (Å²) in [5, 5.41) is 2.71. The van der Waals surface area contributed by atoms with Gasteiger partial charge in [-0.3, -0.25) is 9.59 Å². The molecular weight excluding hydrogens is 316 g/mol. The lowest BCUT2D eigenvalue weighted by Gasteiger charge is -2.39. The lowest BCUT2D eigenvalue weighted by molar-refractivity contribution is -0.114. The van der Waals surface area contributed by atoms with Crippen molar-refractivity contribution in [3.05, 3.63) is 65.7 Å². The van der Waals surface area contributed by atoms with Gasteiger partial charge in [-0.2, -0.15) is 0 Å². The Morgan fingerprint density at radius 2 is 1.76 bits per heavy atom. The average molecular weight is 338 g/mol. The quantitative estimate of drug-likeness (QED) is 0.934. The highest BCUT2D eigenvalue weighted by molar-refractivity contribution is 5.95. The molecule has 0 spiro atoms. The number of amides is 2. The summed E-state index contributed by atoms with van der Waals surface area (Å²) in [6.45, 7) is 4.47. The van der Waals surface area contributed by atoms with Gasteiger partial charge in [0.05, 0.1) is 18.8 Å². The van der Waals surface area contributed by atoms with Gasteiger partial charge < -0.3 is 15.0 Å². The monoisotopic (exact) mass is 338 g/mol. The van der Waals surface area contributed by atoms with Gasteiger partial charge in [-0.25, -0.2) is 0 Å². The van der Waals surface area contributed by atoms with Crippen molar-refractivity contribution in [2.45, 2.75) is 26.0 Å². The molecule has 1 saturated heterocycles. The molecule has 0 radical (unpaired) electrons. The van der Waals surface area contributed by atoms with Crippen LogP contribution in [0.3, 0.4) is 0 Å². The predicted octanol–water partition coefficient (Wildman–Crippen LogP) is 3.25. The van der Waals surface area contributed by atoms with E-state index in [0.29, 0.717) is 24.4 Å². The van der Waals surface area contributed by atoms with Crippen molar-refractivity contribution in [2.24, 2.45) is 0 Å². The summed E-state index contributed by atoms with van der Waals surface area (Å²) in [5.74, 6) is -0.163. The molecule has 2 amide bonds. The third-order valence-electron chi connectivity index (χ3n) is 4.27. The third-order valence-corrected chi connectivity index (χ3v) is 4.27. The predicted molar refractivity (Wildman–Crippen MR) is 96.4 cm³/mol. The summed E-state index contributed by atoms with van der Waals surface area (Å²) in [6.07, 6.45) is 0.00238. The Morgan fingerprint density at radius 3 is 2.40 bits per heavy atom. The van der Waals surface area contributed by atoms with Gasteiger partial charge in [-0.1, -0.05) is 30.3 Å². The first-order valence-corrected chi connectivity index (χ1v) is 8.40. The Morgan fingerprint density at radius 1 is 1.08 bits per heavy atom. The van der Waals surface area contributed by atoms with Crippen LogP contribution in [0.2, 0.25) is 0 Å². The van der Waals surface area contributed by atoms with E-state index in [9.17, 15) is 9.59 Å². The van der Waals surface area contributed by atoms with Crippen LogP contribution in [0.15, 0.2) is 54.6 Å². The van der Waals surface area contributed by atoms with Crippen LogP contribution in [0.1, 0.15) is 35.8 Å². The van der Waals surface area contributed by atoms with Gasteiger partial charge in [0.25, 0.3) is 5.91 Å². The van der Waals surface area contributed by atoms with Crippen molar-refractivity contribution in [3.63, 3.8) is 0 Å². The fourth-order valence-electron chi connectivity index (χ4n) is 3.04. The number of hydrogen-bond acceptors (Lipinski definition) is 3. The lowest BCUT2D eigenvalue weighted by Crippen LogP contribution is -2.46. The number of carbonyl (C=O) groups is 2. The van der Waals surface area contributed by atoms with Crippen LogP contribution in [0, 0.1) is 0 Å². The second kappa shape index (κ2) is 7.49. The SMILES string of the molecule is CC(=O)Nc1ccc(C(=O)N2C[C@@H](C)OC[C@@H]2c2ccccc2)cc1. The summed E-state index contributed by atoms with van der Waals surface area (Å²) in [7, 11) is 0. The molecule has 2 atom stereocenters. The molecule has 3 rings (SSSR count). The molecule has 0 aliphatic carbocycles. The summed E-state index contributed by atoms with van der Waals surface area (Å²) < 4.78 is 5.78. The minimum absolute atomic E-state index is 0.00238. The number of ether oxygens (including phenoxy) is 1. The molecule has 2 aromatic carbocycles. The average Bonchev–Trinajstić information content (AvgIpc) is 2.62. The molecule has 5 nitrogen and oxygen atoms in total. The maximum atomic E-state index is 13.0. The Kier molecular flexibility index (Phi) is 5.14. The van der Waals surface area contributed by atoms with Gasteiger partial charge >= 0.3 is 0 Å². The van der Waals surface area contributed by atoms with Gasteiger partial charge in [0.2, 0.25) is 5.91 Å². The number of carbonyl (C=O) groups excluding carboxylic acids is 2. The molecule has 1 aliphatic rings. The Balaban J connectivity index is 1.83. The van der Waals surface area contributed by atoms with Gasteiger partial charge in [0, 0.05) is 24.7 Å². The fraction of sp³-hybridized carbons (Fsp3) is 0.300. The van der Waals surface area contributed by atoms with Crippen LogP contribution < -0.4 is 5.32 Å². The molecular formula is C20H22N2O3. The van der Waals surface area contributed by atoms with Crippen molar-refractivity contribution in [3.8, 4) is 0 Å². The molecule has 1 fully saturated rings. The van der Waals surface area contributed by atoms with E-state index in [1.807, 2.05) is 42.2 Å². The number of anilines is 1. The summed E-state index contributed by atoms with van der Waals surface area (Å²) >= 11 is 0. The van der Waals surface area contributed by atoms with Crippen molar-refractivity contribution in [2.75, 3.05) is 18.5 Å². The van der Waals surface area contributed by atoms with E-state index in [4.69, 9.17) is 4.74 Å². The molecule has 0 aromatic heterocycles. The maximum Gasteiger partial charge on any atom is 0.254 e. The first-order chi connectivity index (χ1) is 12.0. The third kappa shape index (κ3) is 4.06. The molecule has 0 unspecified atom stereocenters. The molecule has 1 heterocycles. The lowest BCUT2D eigenvalue weighted by atomic mass is 10.0. The molecule has 130 valence electrons. The number of hydrogen-bond donors (Lipinski definition) is 1. The number of nitrogens with zero attached hydrogens (tertiary/aromatic N) is 1. The Labute approximate surface area is 147 Å². The summed E-state index contributed by atoms with van der Waals surface area (Å²) in [4.78, 5) is 26.0. The summed E-state index contributed by atoms with van der Waals surface area (Å²) in [6, 6.07) is 16.8. The van der Waals surface area contributed by atoms with Gasteiger partial charge in [-0.15, -0.1) is 0 Å². The van der Waals surface area contributed by atoms with Crippen molar-refractivity contribution < 1.29 is 14.3 Å². The van der Waals surface area contributed by atoms with Crippen LogP contribution in [0.4, 0.5) is 5.69 Å². The number of rotatable bonds is 3. The zero-order valence-electron chi connectivity index (χ0n) is 14.4. The van der Waals surface area contributed by atoms with Crippen molar-refractivity contribution in [1.29, 1.82) is 0 Å². The van der Waals surface area contributed by atoms with E-state index in [1.165, 1.54) is 6.92 Å². The van der Waals surface area contributed by atoms with Crippen LogP contribution >= 0.6 is 0 Å². The van der Waals surface area contributed by atoms with Crippen LogP contribution in [-0.4, -0.2) is 36.0 Å². The minimum Gasteiger partial charge on any atom is -0.374 e. The van der Waals surface area contributed by atoms with E-state index in [1.54, 1.807) is 24.3 Å². The standard InChI is InChI=1S/C20H22N2O3/c1-14-12-22(19(13-25-14)16-6-4-3-5-7-16)20(24)17-8-10-18(11-9-17)21-15(2)23/h3-11,14,19H,12-13H2,1-2H3,(H,21,23)/t14-,19-/m1/s1. The second-order valence-electron chi connectivity index (χ2n) is 6.29.